The number of rotatable bonds is 9. The van der Waals surface area contributed by atoms with Crippen molar-refractivity contribution in [2.75, 3.05) is 26.3 Å². The highest BCUT2D eigenvalue weighted by Crippen LogP contribution is 2.17. The molecule has 4 nitrogen and oxygen atoms in total. The number of hydrogen-bond donors (Lipinski definition) is 3. The molecule has 0 spiro atoms. The minimum atomic E-state index is 0.166. The second kappa shape index (κ2) is 8.91. The average Bonchev–Trinajstić information content (AvgIpc) is 2.41. The molecule has 0 bridgehead atoms. The van der Waals surface area contributed by atoms with Gasteiger partial charge >= 0.3 is 0 Å². The third-order valence-electron chi connectivity index (χ3n) is 2.80. The highest BCUT2D eigenvalue weighted by molar-refractivity contribution is 5.29. The Bertz CT molecular complexity index is 314. The molecule has 0 amide bonds. The number of hydrogen-bond acceptors (Lipinski definition) is 4. The predicted molar refractivity (Wildman–Crippen MR) is 73.7 cm³/mol. The largest absolute Gasteiger partial charge is 0.494 e. The number of aliphatic hydroxyl groups excluding tert-OH is 1. The molecule has 0 radical (unpaired) electrons. The zero-order valence-corrected chi connectivity index (χ0v) is 11.1. The van der Waals surface area contributed by atoms with E-state index in [9.17, 15) is 0 Å². The summed E-state index contributed by atoms with van der Waals surface area (Å²) < 4.78 is 5.41. The summed E-state index contributed by atoms with van der Waals surface area (Å²) in [5.41, 5.74) is 6.94. The second-order valence-electron chi connectivity index (χ2n) is 4.18. The Morgan fingerprint density at radius 1 is 1.28 bits per heavy atom. The lowest BCUT2D eigenvalue weighted by atomic mass is 10.1. The Hall–Kier alpha value is -1.10. The fourth-order valence-electron chi connectivity index (χ4n) is 1.81. The number of nitrogens with one attached hydrogen (secondary N) is 1. The molecule has 1 rings (SSSR count). The van der Waals surface area contributed by atoms with E-state index in [-0.39, 0.29) is 12.6 Å². The van der Waals surface area contributed by atoms with Crippen molar-refractivity contribution < 1.29 is 9.84 Å². The summed E-state index contributed by atoms with van der Waals surface area (Å²) in [6, 6.07) is 8.19. The van der Waals surface area contributed by atoms with Crippen LogP contribution in [0.4, 0.5) is 0 Å². The van der Waals surface area contributed by atoms with Gasteiger partial charge in [0, 0.05) is 19.2 Å². The molecule has 18 heavy (non-hydrogen) atoms. The van der Waals surface area contributed by atoms with Crippen molar-refractivity contribution in [2.24, 2.45) is 5.73 Å². The van der Waals surface area contributed by atoms with E-state index in [1.54, 1.807) is 0 Å². The molecular weight excluding hydrogens is 228 g/mol. The molecule has 1 atom stereocenters. The minimum Gasteiger partial charge on any atom is -0.494 e. The van der Waals surface area contributed by atoms with Gasteiger partial charge in [0.1, 0.15) is 5.75 Å². The van der Waals surface area contributed by atoms with Gasteiger partial charge in [0.25, 0.3) is 0 Å². The summed E-state index contributed by atoms with van der Waals surface area (Å²) in [5.74, 6) is 0.886. The first-order valence-corrected chi connectivity index (χ1v) is 6.58. The fraction of sp³-hybridized carbons (Fsp3) is 0.571. The summed E-state index contributed by atoms with van der Waals surface area (Å²) in [6.45, 7) is 4.33. The number of ether oxygens (including phenoxy) is 1. The molecule has 0 aromatic heterocycles. The lowest BCUT2D eigenvalue weighted by Crippen LogP contribution is -2.29. The highest BCUT2D eigenvalue weighted by atomic mass is 16.5. The van der Waals surface area contributed by atoms with E-state index < -0.39 is 0 Å². The van der Waals surface area contributed by atoms with E-state index in [1.165, 1.54) is 5.56 Å². The van der Waals surface area contributed by atoms with Crippen molar-refractivity contribution in [2.45, 2.75) is 25.8 Å². The third-order valence-corrected chi connectivity index (χ3v) is 2.80. The Kier molecular flexibility index (Phi) is 7.41. The van der Waals surface area contributed by atoms with Crippen LogP contribution in [-0.2, 0) is 0 Å². The zero-order valence-electron chi connectivity index (χ0n) is 11.1. The van der Waals surface area contributed by atoms with Crippen LogP contribution in [0, 0.1) is 0 Å². The number of unbranched alkanes of at least 4 members (excludes halogenated alkanes) is 1. The van der Waals surface area contributed by atoms with Crippen molar-refractivity contribution in [1.82, 2.24) is 5.32 Å². The Morgan fingerprint density at radius 3 is 2.56 bits per heavy atom. The molecule has 4 heteroatoms. The number of benzene rings is 1. The normalized spacial score (nSPS) is 12.4. The molecule has 1 aromatic rings. The summed E-state index contributed by atoms with van der Waals surface area (Å²) in [7, 11) is 0. The maximum Gasteiger partial charge on any atom is 0.119 e. The van der Waals surface area contributed by atoms with E-state index in [2.05, 4.69) is 5.32 Å². The van der Waals surface area contributed by atoms with Crippen LogP contribution in [0.1, 0.15) is 31.4 Å². The highest BCUT2D eigenvalue weighted by Gasteiger charge is 2.08. The van der Waals surface area contributed by atoms with Gasteiger partial charge in [-0.15, -0.1) is 0 Å². The molecule has 0 fully saturated rings. The van der Waals surface area contributed by atoms with E-state index in [4.69, 9.17) is 15.6 Å². The van der Waals surface area contributed by atoms with Crippen molar-refractivity contribution in [3.8, 4) is 5.75 Å². The number of aliphatic hydroxyl groups is 1. The standard InChI is InChI=1S/C14H24N2O2/c1-2-18-13-7-5-12(6-8-13)14(11-15)16-9-3-4-10-17/h5-8,14,16-17H,2-4,9-11,15H2,1H3. The molecule has 4 N–H and O–H groups in total. The van der Waals surface area contributed by atoms with Gasteiger partial charge in [0.15, 0.2) is 0 Å². The van der Waals surface area contributed by atoms with Crippen LogP contribution in [0.25, 0.3) is 0 Å². The van der Waals surface area contributed by atoms with Crippen LogP contribution < -0.4 is 15.8 Å². The molecule has 0 saturated heterocycles. The van der Waals surface area contributed by atoms with Crippen molar-refractivity contribution in [3.63, 3.8) is 0 Å². The topological polar surface area (TPSA) is 67.5 Å². The van der Waals surface area contributed by atoms with Crippen LogP contribution >= 0.6 is 0 Å². The average molecular weight is 252 g/mol. The Balaban J connectivity index is 2.48. The lowest BCUT2D eigenvalue weighted by Gasteiger charge is -2.17. The van der Waals surface area contributed by atoms with E-state index >= 15 is 0 Å². The fourth-order valence-corrected chi connectivity index (χ4v) is 1.81. The Labute approximate surface area is 109 Å². The molecular formula is C14H24N2O2. The van der Waals surface area contributed by atoms with Gasteiger partial charge in [0.2, 0.25) is 0 Å². The predicted octanol–water partition coefficient (Wildman–Crippen LogP) is 1.45. The van der Waals surface area contributed by atoms with Gasteiger partial charge in [-0.3, -0.25) is 0 Å². The molecule has 1 unspecified atom stereocenters. The van der Waals surface area contributed by atoms with Gasteiger partial charge in [-0.2, -0.15) is 0 Å². The van der Waals surface area contributed by atoms with Crippen LogP contribution in [-0.4, -0.2) is 31.4 Å². The zero-order chi connectivity index (χ0) is 13.2. The quantitative estimate of drug-likeness (QED) is 0.582. The molecule has 1 aromatic carbocycles. The summed E-state index contributed by atoms with van der Waals surface area (Å²) >= 11 is 0. The molecule has 102 valence electrons. The van der Waals surface area contributed by atoms with Crippen molar-refractivity contribution >= 4 is 0 Å². The smallest absolute Gasteiger partial charge is 0.119 e. The molecule has 0 heterocycles. The maximum atomic E-state index is 8.72. The second-order valence-corrected chi connectivity index (χ2v) is 4.18. The molecule has 0 saturated carbocycles. The summed E-state index contributed by atoms with van der Waals surface area (Å²) in [4.78, 5) is 0. The molecule has 0 aliphatic carbocycles. The van der Waals surface area contributed by atoms with Crippen LogP contribution in [0.15, 0.2) is 24.3 Å². The lowest BCUT2D eigenvalue weighted by molar-refractivity contribution is 0.282. The summed E-state index contributed by atoms with van der Waals surface area (Å²) in [5, 5.41) is 12.1. The monoisotopic (exact) mass is 252 g/mol. The molecule has 0 aliphatic heterocycles. The van der Waals surface area contributed by atoms with Crippen LogP contribution in [0.3, 0.4) is 0 Å². The van der Waals surface area contributed by atoms with Crippen molar-refractivity contribution in [3.05, 3.63) is 29.8 Å². The third kappa shape index (κ3) is 5.04. The van der Waals surface area contributed by atoms with E-state index in [1.807, 2.05) is 31.2 Å². The van der Waals surface area contributed by atoms with Crippen LogP contribution in [0.2, 0.25) is 0 Å². The van der Waals surface area contributed by atoms with E-state index in [0.29, 0.717) is 13.2 Å². The van der Waals surface area contributed by atoms with Crippen LogP contribution in [0.5, 0.6) is 5.75 Å². The van der Waals surface area contributed by atoms with Crippen molar-refractivity contribution in [1.29, 1.82) is 0 Å². The first-order valence-electron chi connectivity index (χ1n) is 6.58. The van der Waals surface area contributed by atoms with Gasteiger partial charge in [-0.1, -0.05) is 12.1 Å². The SMILES string of the molecule is CCOc1ccc(C(CN)NCCCCO)cc1. The van der Waals surface area contributed by atoms with Gasteiger partial charge in [-0.05, 0) is 44.0 Å². The number of nitrogens with two attached hydrogens (primary N) is 1. The Morgan fingerprint density at radius 2 is 2.00 bits per heavy atom. The van der Waals surface area contributed by atoms with Gasteiger partial charge in [0.05, 0.1) is 6.61 Å². The molecule has 0 aliphatic rings. The van der Waals surface area contributed by atoms with Gasteiger partial charge in [-0.25, -0.2) is 0 Å². The van der Waals surface area contributed by atoms with Gasteiger partial charge < -0.3 is 20.9 Å². The maximum absolute atomic E-state index is 8.72. The first kappa shape index (κ1) is 15.0. The van der Waals surface area contributed by atoms with E-state index in [0.717, 1.165) is 25.1 Å². The minimum absolute atomic E-state index is 0.166. The summed E-state index contributed by atoms with van der Waals surface area (Å²) in [6.07, 6.45) is 1.79. The first-order chi connectivity index (χ1) is 8.81.